The van der Waals surface area contributed by atoms with E-state index >= 15 is 0 Å². The molecule has 5 heteroatoms. The molecule has 0 aliphatic rings. The van der Waals surface area contributed by atoms with Gasteiger partial charge in [0.25, 0.3) is 0 Å². The van der Waals surface area contributed by atoms with Crippen LogP contribution in [0.15, 0.2) is 18.2 Å². The molecule has 0 spiro atoms. The fourth-order valence-corrected chi connectivity index (χ4v) is 0.935. The largest absolute Gasteiger partial charge is 0.424 e. The van der Waals surface area contributed by atoms with Crippen molar-refractivity contribution < 1.29 is 14.3 Å². The molecule has 0 saturated heterocycles. The van der Waals surface area contributed by atoms with Crippen molar-refractivity contribution >= 4 is 17.7 Å². The van der Waals surface area contributed by atoms with Crippen molar-refractivity contribution in [3.8, 4) is 5.75 Å². The number of hydrogen-bond donors (Lipinski definition) is 2. The number of benzene rings is 1. The Morgan fingerprint density at radius 3 is 2.80 bits per heavy atom. The van der Waals surface area contributed by atoms with Gasteiger partial charge in [-0.25, -0.2) is 4.79 Å². The van der Waals surface area contributed by atoms with E-state index in [1.54, 1.807) is 18.2 Å². The number of amides is 2. The Morgan fingerprint density at radius 2 is 2.20 bits per heavy atom. The van der Waals surface area contributed by atoms with Gasteiger partial charge in [-0.15, -0.1) is 0 Å². The van der Waals surface area contributed by atoms with E-state index in [1.807, 2.05) is 0 Å². The first-order valence-corrected chi connectivity index (χ1v) is 4.31. The van der Waals surface area contributed by atoms with Gasteiger partial charge >= 0.3 is 12.0 Å². The SMILES string of the molecule is CNC(=O)Nc1[c]cccc1OC(C)=O. The van der Waals surface area contributed by atoms with E-state index in [2.05, 4.69) is 16.7 Å². The Bertz CT molecular complexity index is 377. The monoisotopic (exact) mass is 207 g/mol. The number of para-hydroxylation sites is 1. The summed E-state index contributed by atoms with van der Waals surface area (Å²) >= 11 is 0. The highest BCUT2D eigenvalue weighted by molar-refractivity contribution is 5.91. The second-order valence-electron chi connectivity index (χ2n) is 2.71. The van der Waals surface area contributed by atoms with E-state index in [-0.39, 0.29) is 5.75 Å². The number of hydrogen-bond acceptors (Lipinski definition) is 3. The average molecular weight is 207 g/mol. The van der Waals surface area contributed by atoms with Crippen LogP contribution in [0, 0.1) is 6.07 Å². The minimum atomic E-state index is -0.449. The number of carbonyl (C=O) groups is 2. The van der Waals surface area contributed by atoms with Crippen LogP contribution in [-0.2, 0) is 4.79 Å². The van der Waals surface area contributed by atoms with E-state index in [0.29, 0.717) is 5.69 Å². The topological polar surface area (TPSA) is 67.4 Å². The van der Waals surface area contributed by atoms with Gasteiger partial charge in [-0.3, -0.25) is 4.79 Å². The third kappa shape index (κ3) is 3.30. The van der Waals surface area contributed by atoms with Crippen LogP contribution in [0.5, 0.6) is 5.75 Å². The maximum Gasteiger partial charge on any atom is 0.319 e. The number of rotatable bonds is 2. The molecule has 0 aromatic heterocycles. The molecule has 79 valence electrons. The molecule has 2 amide bonds. The molecule has 0 unspecified atom stereocenters. The summed E-state index contributed by atoms with van der Waals surface area (Å²) in [5, 5.41) is 4.87. The minimum absolute atomic E-state index is 0.272. The Hall–Kier alpha value is -2.04. The summed E-state index contributed by atoms with van der Waals surface area (Å²) in [5.41, 5.74) is 0.326. The van der Waals surface area contributed by atoms with Crippen molar-refractivity contribution in [1.29, 1.82) is 0 Å². The van der Waals surface area contributed by atoms with Crippen LogP contribution in [0.1, 0.15) is 6.92 Å². The Balaban J connectivity index is 2.85. The average Bonchev–Trinajstić information content (AvgIpc) is 2.20. The van der Waals surface area contributed by atoms with E-state index in [4.69, 9.17) is 4.74 Å². The molecule has 0 bridgehead atoms. The highest BCUT2D eigenvalue weighted by Crippen LogP contribution is 2.22. The van der Waals surface area contributed by atoms with Gasteiger partial charge in [0.2, 0.25) is 0 Å². The molecule has 1 rings (SSSR count). The quantitative estimate of drug-likeness (QED) is 0.565. The minimum Gasteiger partial charge on any atom is -0.424 e. The maximum absolute atomic E-state index is 11.0. The van der Waals surface area contributed by atoms with Gasteiger partial charge in [0.05, 0.1) is 5.69 Å². The molecule has 1 radical (unpaired) electrons. The molecule has 2 N–H and O–H groups in total. The van der Waals surface area contributed by atoms with Gasteiger partial charge in [0.15, 0.2) is 5.75 Å². The molecule has 5 nitrogen and oxygen atoms in total. The summed E-state index contributed by atoms with van der Waals surface area (Å²) in [6.45, 7) is 1.29. The lowest BCUT2D eigenvalue weighted by Crippen LogP contribution is -2.24. The summed E-state index contributed by atoms with van der Waals surface area (Å²) < 4.78 is 4.88. The number of ether oxygens (including phenoxy) is 1. The van der Waals surface area contributed by atoms with Crippen molar-refractivity contribution in [2.45, 2.75) is 6.92 Å². The lowest BCUT2D eigenvalue weighted by Gasteiger charge is -2.08. The van der Waals surface area contributed by atoms with Gasteiger partial charge in [-0.2, -0.15) is 0 Å². The predicted octanol–water partition coefficient (Wildman–Crippen LogP) is 1.16. The highest BCUT2D eigenvalue weighted by atomic mass is 16.5. The summed E-state index contributed by atoms with van der Waals surface area (Å²) in [6.07, 6.45) is 0. The van der Waals surface area contributed by atoms with Crippen LogP contribution in [0.4, 0.5) is 10.5 Å². The van der Waals surface area contributed by atoms with Crippen molar-refractivity contribution in [2.75, 3.05) is 12.4 Å². The smallest absolute Gasteiger partial charge is 0.319 e. The molecule has 0 saturated carbocycles. The molecular weight excluding hydrogens is 196 g/mol. The molecular formula is C10H11N2O3. The number of esters is 1. The second-order valence-corrected chi connectivity index (χ2v) is 2.71. The van der Waals surface area contributed by atoms with Crippen LogP contribution in [0.25, 0.3) is 0 Å². The third-order valence-electron chi connectivity index (χ3n) is 1.54. The van der Waals surface area contributed by atoms with Crippen LogP contribution < -0.4 is 15.4 Å². The summed E-state index contributed by atoms with van der Waals surface area (Å²) in [7, 11) is 1.49. The number of anilines is 1. The van der Waals surface area contributed by atoms with Gasteiger partial charge in [-0.05, 0) is 6.07 Å². The van der Waals surface area contributed by atoms with Gasteiger partial charge in [0.1, 0.15) is 0 Å². The zero-order valence-electron chi connectivity index (χ0n) is 8.46. The zero-order chi connectivity index (χ0) is 11.3. The molecule has 0 heterocycles. The van der Waals surface area contributed by atoms with E-state index in [1.165, 1.54) is 14.0 Å². The standard InChI is InChI=1S/C10H11N2O3/c1-7(13)15-9-6-4-3-5-8(9)12-10(14)11-2/h3-4,6H,1-2H3,(H2,11,12,14). The first kappa shape index (κ1) is 11.0. The fourth-order valence-electron chi connectivity index (χ4n) is 0.935. The summed E-state index contributed by atoms with van der Waals surface area (Å²) in [6, 6.07) is 7.20. The third-order valence-corrected chi connectivity index (χ3v) is 1.54. The lowest BCUT2D eigenvalue weighted by atomic mass is 10.3. The van der Waals surface area contributed by atoms with Crippen LogP contribution in [0.3, 0.4) is 0 Å². The summed E-state index contributed by atoms with van der Waals surface area (Å²) in [5.74, 6) is -0.178. The van der Waals surface area contributed by atoms with Gasteiger partial charge < -0.3 is 15.4 Å². The van der Waals surface area contributed by atoms with Gasteiger partial charge in [0, 0.05) is 20.0 Å². The lowest BCUT2D eigenvalue weighted by molar-refractivity contribution is -0.131. The second kappa shape index (κ2) is 4.99. The first-order valence-electron chi connectivity index (χ1n) is 4.31. The van der Waals surface area contributed by atoms with Crippen molar-refractivity contribution in [3.05, 3.63) is 24.3 Å². The van der Waals surface area contributed by atoms with E-state index in [9.17, 15) is 9.59 Å². The molecule has 0 aliphatic heterocycles. The maximum atomic E-state index is 11.0. The van der Waals surface area contributed by atoms with Crippen molar-refractivity contribution in [2.24, 2.45) is 0 Å². The molecule has 1 aromatic carbocycles. The van der Waals surface area contributed by atoms with Gasteiger partial charge in [-0.1, -0.05) is 12.1 Å². The van der Waals surface area contributed by atoms with E-state index < -0.39 is 12.0 Å². The Kier molecular flexibility index (Phi) is 3.68. The number of carbonyl (C=O) groups excluding carboxylic acids is 2. The zero-order valence-corrected chi connectivity index (χ0v) is 8.46. The van der Waals surface area contributed by atoms with Crippen LogP contribution in [0.2, 0.25) is 0 Å². The van der Waals surface area contributed by atoms with E-state index in [0.717, 1.165) is 0 Å². The van der Waals surface area contributed by atoms with Crippen molar-refractivity contribution in [3.63, 3.8) is 0 Å². The normalized spacial score (nSPS) is 9.20. The van der Waals surface area contributed by atoms with Crippen LogP contribution in [-0.4, -0.2) is 19.0 Å². The molecule has 0 fully saturated rings. The number of nitrogens with one attached hydrogen (secondary N) is 2. The highest BCUT2D eigenvalue weighted by Gasteiger charge is 2.07. The number of urea groups is 1. The molecule has 1 aromatic rings. The molecule has 15 heavy (non-hydrogen) atoms. The van der Waals surface area contributed by atoms with Crippen molar-refractivity contribution in [1.82, 2.24) is 5.32 Å². The molecule has 0 aliphatic carbocycles. The Morgan fingerprint density at radius 1 is 1.47 bits per heavy atom. The van der Waals surface area contributed by atoms with Crippen LogP contribution >= 0.6 is 0 Å². The molecule has 0 atom stereocenters. The first-order chi connectivity index (χ1) is 7.13. The summed E-state index contributed by atoms with van der Waals surface area (Å²) in [4.78, 5) is 21.8. The fraction of sp³-hybridized carbons (Fsp3) is 0.200. The predicted molar refractivity (Wildman–Crippen MR) is 54.7 cm³/mol. The Labute approximate surface area is 87.4 Å².